The summed E-state index contributed by atoms with van der Waals surface area (Å²) >= 11 is 0. The maximum atomic E-state index is 13.7. The van der Waals surface area contributed by atoms with E-state index in [0.717, 1.165) is 18.3 Å². The van der Waals surface area contributed by atoms with Crippen LogP contribution in [-0.4, -0.2) is 39.6 Å². The van der Waals surface area contributed by atoms with E-state index in [1.807, 2.05) is 13.0 Å². The van der Waals surface area contributed by atoms with Crippen LogP contribution in [0, 0.1) is 18.6 Å². The van der Waals surface area contributed by atoms with Crippen LogP contribution in [0.25, 0.3) is 5.65 Å². The third-order valence-corrected chi connectivity index (χ3v) is 4.92. The van der Waals surface area contributed by atoms with Crippen molar-refractivity contribution in [2.24, 2.45) is 0 Å². The van der Waals surface area contributed by atoms with Crippen LogP contribution in [0.2, 0.25) is 0 Å². The molecule has 27 heavy (non-hydrogen) atoms. The molecule has 3 aromatic rings. The Balaban J connectivity index is 1.59. The topological polar surface area (TPSA) is 71.3 Å². The Morgan fingerprint density at radius 3 is 2.96 bits per heavy atom. The van der Waals surface area contributed by atoms with Gasteiger partial charge in [-0.1, -0.05) is 6.07 Å². The molecule has 8 heteroatoms. The van der Waals surface area contributed by atoms with Gasteiger partial charge < -0.3 is 10.6 Å². The Morgan fingerprint density at radius 2 is 2.15 bits per heavy atom. The zero-order chi connectivity index (χ0) is 19.0. The Morgan fingerprint density at radius 1 is 1.30 bits per heavy atom. The molecule has 2 aromatic heterocycles. The number of hydrogen-bond acceptors (Lipinski definition) is 4. The van der Waals surface area contributed by atoms with Crippen LogP contribution >= 0.6 is 0 Å². The molecule has 0 radical (unpaired) electrons. The van der Waals surface area contributed by atoms with Crippen molar-refractivity contribution in [3.8, 4) is 0 Å². The summed E-state index contributed by atoms with van der Waals surface area (Å²) in [7, 11) is 0. The number of rotatable bonds is 3. The summed E-state index contributed by atoms with van der Waals surface area (Å²) in [5.41, 5.74) is 2.33. The molecule has 2 unspecified atom stereocenters. The van der Waals surface area contributed by atoms with Crippen LogP contribution in [0.4, 0.5) is 8.78 Å². The van der Waals surface area contributed by atoms with E-state index in [1.54, 1.807) is 16.8 Å². The van der Waals surface area contributed by atoms with Crippen molar-refractivity contribution < 1.29 is 13.6 Å². The lowest BCUT2D eigenvalue weighted by Gasteiger charge is -2.33. The number of nitrogens with one attached hydrogen (secondary N) is 2. The Bertz CT molecular complexity index is 1000. The maximum absolute atomic E-state index is 13.7. The zero-order valence-electron chi connectivity index (χ0n) is 14.7. The van der Waals surface area contributed by atoms with Crippen molar-refractivity contribution in [3.05, 3.63) is 65.1 Å². The van der Waals surface area contributed by atoms with Crippen molar-refractivity contribution in [2.45, 2.75) is 25.3 Å². The van der Waals surface area contributed by atoms with E-state index in [9.17, 15) is 13.6 Å². The second-order valence-electron chi connectivity index (χ2n) is 6.75. The summed E-state index contributed by atoms with van der Waals surface area (Å²) in [4.78, 5) is 17.2. The molecule has 6 nitrogen and oxygen atoms in total. The first-order valence-corrected chi connectivity index (χ1v) is 8.80. The van der Waals surface area contributed by atoms with Crippen LogP contribution in [0.5, 0.6) is 0 Å². The van der Waals surface area contributed by atoms with Gasteiger partial charge in [0.2, 0.25) is 0 Å². The number of carbonyl (C=O) groups is 1. The number of hydrogen-bond donors (Lipinski definition) is 2. The lowest BCUT2D eigenvalue weighted by atomic mass is 9.86. The smallest absolute Gasteiger partial charge is 0.257 e. The highest BCUT2D eigenvalue weighted by Gasteiger charge is 2.29. The van der Waals surface area contributed by atoms with E-state index in [2.05, 4.69) is 20.7 Å². The SMILES string of the molecule is Cc1ccn2ncc(C(=O)NC3CNCCC3c3ccc(F)c(F)c3)c2n1. The fraction of sp³-hybridized carbons (Fsp3) is 0.316. The third kappa shape index (κ3) is 3.40. The molecule has 1 saturated heterocycles. The number of amides is 1. The van der Waals surface area contributed by atoms with E-state index in [-0.39, 0.29) is 17.9 Å². The minimum atomic E-state index is -0.876. The highest BCUT2D eigenvalue weighted by Crippen LogP contribution is 2.27. The van der Waals surface area contributed by atoms with E-state index in [4.69, 9.17) is 0 Å². The van der Waals surface area contributed by atoms with Gasteiger partial charge in [-0.25, -0.2) is 18.3 Å². The van der Waals surface area contributed by atoms with Crippen molar-refractivity contribution in [2.75, 3.05) is 13.1 Å². The van der Waals surface area contributed by atoms with E-state index in [1.165, 1.54) is 12.3 Å². The number of halogens is 2. The highest BCUT2D eigenvalue weighted by molar-refractivity contribution is 5.99. The number of benzene rings is 1. The van der Waals surface area contributed by atoms with Gasteiger partial charge in [-0.2, -0.15) is 5.10 Å². The fourth-order valence-corrected chi connectivity index (χ4v) is 3.52. The van der Waals surface area contributed by atoms with Gasteiger partial charge in [0.15, 0.2) is 17.3 Å². The summed E-state index contributed by atoms with van der Waals surface area (Å²) < 4.78 is 28.5. The number of piperidine rings is 1. The predicted molar refractivity (Wildman–Crippen MR) is 95.6 cm³/mol. The first kappa shape index (κ1) is 17.5. The number of fused-ring (bicyclic) bond motifs is 1. The van der Waals surface area contributed by atoms with Gasteiger partial charge in [-0.05, 0) is 43.7 Å². The number of aryl methyl sites for hydroxylation is 1. The monoisotopic (exact) mass is 371 g/mol. The Labute approximate surface area is 154 Å². The predicted octanol–water partition coefficient (Wildman–Crippen LogP) is 2.19. The summed E-state index contributed by atoms with van der Waals surface area (Å²) in [6, 6.07) is 5.48. The zero-order valence-corrected chi connectivity index (χ0v) is 14.7. The summed E-state index contributed by atoms with van der Waals surface area (Å²) in [5, 5.41) is 10.4. The quantitative estimate of drug-likeness (QED) is 0.740. The number of nitrogens with zero attached hydrogens (tertiary/aromatic N) is 3. The normalized spacial score (nSPS) is 20.0. The molecule has 2 atom stereocenters. The van der Waals surface area contributed by atoms with Gasteiger partial charge in [0, 0.05) is 30.4 Å². The molecule has 1 aliphatic heterocycles. The molecule has 0 bridgehead atoms. The fourth-order valence-electron chi connectivity index (χ4n) is 3.52. The van der Waals surface area contributed by atoms with Crippen LogP contribution < -0.4 is 10.6 Å². The average Bonchev–Trinajstić information content (AvgIpc) is 3.07. The molecule has 1 aliphatic rings. The van der Waals surface area contributed by atoms with Crippen LogP contribution in [-0.2, 0) is 0 Å². The summed E-state index contributed by atoms with van der Waals surface area (Å²) in [6.45, 7) is 3.13. The largest absolute Gasteiger partial charge is 0.347 e. The second kappa shape index (κ2) is 7.03. The van der Waals surface area contributed by atoms with Gasteiger partial charge in [-0.3, -0.25) is 4.79 Å². The van der Waals surface area contributed by atoms with Gasteiger partial charge in [0.05, 0.1) is 6.20 Å². The van der Waals surface area contributed by atoms with Crippen LogP contribution in [0.3, 0.4) is 0 Å². The van der Waals surface area contributed by atoms with Crippen molar-refractivity contribution in [1.82, 2.24) is 25.2 Å². The molecular formula is C19H19F2N5O. The number of carbonyl (C=O) groups excluding carboxylic acids is 1. The molecule has 1 amide bonds. The third-order valence-electron chi connectivity index (χ3n) is 4.92. The molecule has 1 fully saturated rings. The van der Waals surface area contributed by atoms with E-state index >= 15 is 0 Å². The first-order chi connectivity index (χ1) is 13.0. The van der Waals surface area contributed by atoms with E-state index in [0.29, 0.717) is 29.7 Å². The maximum Gasteiger partial charge on any atom is 0.257 e. The van der Waals surface area contributed by atoms with Crippen molar-refractivity contribution in [1.29, 1.82) is 0 Å². The molecule has 2 N–H and O–H groups in total. The molecule has 0 aliphatic carbocycles. The van der Waals surface area contributed by atoms with Gasteiger partial charge in [0.25, 0.3) is 5.91 Å². The Kier molecular flexibility index (Phi) is 4.57. The minimum Gasteiger partial charge on any atom is -0.347 e. The summed E-state index contributed by atoms with van der Waals surface area (Å²) in [6.07, 6.45) is 3.95. The van der Waals surface area contributed by atoms with Crippen LogP contribution in [0.15, 0.2) is 36.7 Å². The molecule has 1 aromatic carbocycles. The lowest BCUT2D eigenvalue weighted by Crippen LogP contribution is -2.50. The highest BCUT2D eigenvalue weighted by atomic mass is 19.2. The molecular weight excluding hydrogens is 352 g/mol. The molecule has 3 heterocycles. The first-order valence-electron chi connectivity index (χ1n) is 8.80. The Hall–Kier alpha value is -2.87. The van der Waals surface area contributed by atoms with Crippen molar-refractivity contribution >= 4 is 11.6 Å². The summed E-state index contributed by atoms with van der Waals surface area (Å²) in [5.74, 6) is -2.15. The lowest BCUT2D eigenvalue weighted by molar-refractivity contribution is 0.0926. The average molecular weight is 371 g/mol. The molecule has 140 valence electrons. The van der Waals surface area contributed by atoms with Gasteiger partial charge in [-0.15, -0.1) is 0 Å². The minimum absolute atomic E-state index is 0.109. The standard InChI is InChI=1S/C19H19F2N5O/c1-11-5-7-26-18(24-11)14(9-23-26)19(27)25-17-10-22-6-4-13(17)12-2-3-15(20)16(21)8-12/h2-3,5,7-9,13,17,22H,4,6,10H2,1H3,(H,25,27). The molecule has 0 spiro atoms. The molecule has 4 rings (SSSR count). The van der Waals surface area contributed by atoms with Gasteiger partial charge >= 0.3 is 0 Å². The molecule has 0 saturated carbocycles. The van der Waals surface area contributed by atoms with Gasteiger partial charge in [0.1, 0.15) is 5.56 Å². The van der Waals surface area contributed by atoms with Crippen LogP contribution in [0.1, 0.15) is 34.0 Å². The number of aromatic nitrogens is 3. The van der Waals surface area contributed by atoms with Crippen molar-refractivity contribution in [3.63, 3.8) is 0 Å². The van der Waals surface area contributed by atoms with E-state index < -0.39 is 11.6 Å². The second-order valence-corrected chi connectivity index (χ2v) is 6.75.